The molecule has 0 heterocycles. The molecule has 0 aliphatic rings. The summed E-state index contributed by atoms with van der Waals surface area (Å²) in [5.74, 6) is 0.233. The highest BCUT2D eigenvalue weighted by atomic mass is 32.1. The fourth-order valence-corrected chi connectivity index (χ4v) is 2.10. The van der Waals surface area contributed by atoms with Gasteiger partial charge in [0.2, 0.25) is 0 Å². The quantitative estimate of drug-likeness (QED) is 0.424. The topological polar surface area (TPSA) is 79.8 Å². The van der Waals surface area contributed by atoms with Crippen molar-refractivity contribution in [2.45, 2.75) is 0 Å². The number of thiocarbonyl (C=S) groups is 1. The predicted molar refractivity (Wildman–Crippen MR) is 95.6 cm³/mol. The van der Waals surface area contributed by atoms with E-state index in [9.17, 15) is 9.90 Å². The van der Waals surface area contributed by atoms with E-state index >= 15 is 0 Å². The fraction of sp³-hybridized carbons (Fsp3) is 0.176. The molecule has 0 aromatic heterocycles. The van der Waals surface area contributed by atoms with Crippen molar-refractivity contribution in [2.75, 3.05) is 25.6 Å². The van der Waals surface area contributed by atoms with Crippen LogP contribution in [0, 0.1) is 0 Å². The first-order valence-corrected chi connectivity index (χ1v) is 7.63. The normalized spacial score (nSPS) is 10.0. The molecule has 126 valence electrons. The van der Waals surface area contributed by atoms with Gasteiger partial charge in [-0.05, 0) is 48.6 Å². The molecule has 0 saturated heterocycles. The molecule has 6 nitrogen and oxygen atoms in total. The Labute approximate surface area is 145 Å². The highest BCUT2D eigenvalue weighted by Gasteiger charge is 2.13. The van der Waals surface area contributed by atoms with Crippen LogP contribution in [0.4, 0.5) is 5.69 Å². The van der Waals surface area contributed by atoms with Gasteiger partial charge in [-0.3, -0.25) is 10.1 Å². The maximum absolute atomic E-state index is 12.4. The van der Waals surface area contributed by atoms with Crippen molar-refractivity contribution >= 4 is 28.9 Å². The molecule has 0 saturated carbocycles. The van der Waals surface area contributed by atoms with E-state index in [1.165, 1.54) is 12.1 Å². The van der Waals surface area contributed by atoms with Gasteiger partial charge in [-0.1, -0.05) is 12.1 Å². The molecule has 2 rings (SSSR count). The van der Waals surface area contributed by atoms with E-state index < -0.39 is 0 Å². The average molecular weight is 346 g/mol. The van der Waals surface area contributed by atoms with E-state index in [1.54, 1.807) is 43.5 Å². The summed E-state index contributed by atoms with van der Waals surface area (Å²) in [5, 5.41) is 14.9. The molecule has 0 aliphatic carbocycles. The molecule has 7 heteroatoms. The third-order valence-corrected chi connectivity index (χ3v) is 3.23. The highest BCUT2D eigenvalue weighted by Crippen LogP contribution is 2.18. The Morgan fingerprint density at radius 1 is 1.12 bits per heavy atom. The number of methoxy groups -OCH3 is 1. The van der Waals surface area contributed by atoms with E-state index in [0.717, 1.165) is 0 Å². The summed E-state index contributed by atoms with van der Waals surface area (Å²) in [5.41, 5.74) is 1.03. The van der Waals surface area contributed by atoms with E-state index in [-0.39, 0.29) is 16.8 Å². The molecule has 0 spiro atoms. The molecule has 0 bridgehead atoms. The molecule has 0 unspecified atom stereocenters. The Balaban J connectivity index is 1.98. The van der Waals surface area contributed by atoms with Crippen molar-refractivity contribution in [1.82, 2.24) is 5.32 Å². The second-order valence-electron chi connectivity index (χ2n) is 4.79. The van der Waals surface area contributed by atoms with Gasteiger partial charge in [0.15, 0.2) is 5.11 Å². The predicted octanol–water partition coefficient (Wildman–Crippen LogP) is 2.54. The Hall–Kier alpha value is -2.64. The number of aromatic hydroxyl groups is 1. The van der Waals surface area contributed by atoms with Crippen molar-refractivity contribution in [3.05, 3.63) is 54.1 Å². The number of hydrogen-bond donors (Lipinski definition) is 3. The summed E-state index contributed by atoms with van der Waals surface area (Å²) in [6.45, 7) is 0.772. The number of para-hydroxylation sites is 1. The summed E-state index contributed by atoms with van der Waals surface area (Å²) in [4.78, 5) is 12.4. The van der Waals surface area contributed by atoms with Gasteiger partial charge in [0, 0.05) is 12.8 Å². The van der Waals surface area contributed by atoms with E-state index in [2.05, 4.69) is 10.6 Å². The molecule has 24 heavy (non-hydrogen) atoms. The summed E-state index contributed by atoms with van der Waals surface area (Å²) in [6.07, 6.45) is 0. The number of nitrogens with one attached hydrogen (secondary N) is 2. The Morgan fingerprint density at radius 3 is 2.54 bits per heavy atom. The van der Waals surface area contributed by atoms with Crippen molar-refractivity contribution in [1.29, 1.82) is 0 Å². The number of anilines is 1. The monoisotopic (exact) mass is 346 g/mol. The molecule has 0 aliphatic heterocycles. The first kappa shape index (κ1) is 17.7. The van der Waals surface area contributed by atoms with Gasteiger partial charge < -0.3 is 19.9 Å². The Kier molecular flexibility index (Phi) is 6.53. The lowest BCUT2D eigenvalue weighted by atomic mass is 10.2. The van der Waals surface area contributed by atoms with Crippen LogP contribution in [0.2, 0.25) is 0 Å². The minimum Gasteiger partial charge on any atom is -0.508 e. The first-order chi connectivity index (χ1) is 11.6. The standard InChI is InChI=1S/C17H18N2O4S/c1-22-10-11-23-15-5-3-2-4-14(15)16(21)19-17(24)18-12-6-8-13(20)9-7-12/h2-9,20H,10-11H2,1H3,(H2,18,19,21,24). The summed E-state index contributed by atoms with van der Waals surface area (Å²) in [6, 6.07) is 13.2. The minimum absolute atomic E-state index is 0.150. The maximum Gasteiger partial charge on any atom is 0.261 e. The van der Waals surface area contributed by atoms with Gasteiger partial charge in [-0.15, -0.1) is 0 Å². The van der Waals surface area contributed by atoms with Gasteiger partial charge in [-0.25, -0.2) is 0 Å². The number of benzene rings is 2. The molecule has 0 fully saturated rings. The van der Waals surface area contributed by atoms with E-state index in [4.69, 9.17) is 21.7 Å². The first-order valence-electron chi connectivity index (χ1n) is 7.22. The van der Waals surface area contributed by atoms with Crippen LogP contribution in [0.15, 0.2) is 48.5 Å². The van der Waals surface area contributed by atoms with Gasteiger partial charge in [0.25, 0.3) is 5.91 Å². The molecule has 0 atom stereocenters. The van der Waals surface area contributed by atoms with Crippen LogP contribution in [-0.2, 0) is 4.74 Å². The molecule has 2 aromatic rings. The van der Waals surface area contributed by atoms with Crippen molar-refractivity contribution < 1.29 is 19.4 Å². The average Bonchev–Trinajstić information content (AvgIpc) is 2.57. The zero-order valence-electron chi connectivity index (χ0n) is 13.1. The number of phenolic OH excluding ortho intramolecular Hbond substituents is 1. The second-order valence-corrected chi connectivity index (χ2v) is 5.20. The second kappa shape index (κ2) is 8.85. The van der Waals surface area contributed by atoms with Gasteiger partial charge in [-0.2, -0.15) is 0 Å². The van der Waals surface area contributed by atoms with Gasteiger partial charge in [0.05, 0.1) is 12.2 Å². The third-order valence-electron chi connectivity index (χ3n) is 3.03. The largest absolute Gasteiger partial charge is 0.508 e. The molecule has 2 aromatic carbocycles. The molecular formula is C17H18N2O4S. The molecule has 0 radical (unpaired) electrons. The number of carbonyl (C=O) groups excluding carboxylic acids is 1. The van der Waals surface area contributed by atoms with Crippen LogP contribution in [0.25, 0.3) is 0 Å². The van der Waals surface area contributed by atoms with Crippen molar-refractivity contribution in [2.24, 2.45) is 0 Å². The van der Waals surface area contributed by atoms with Crippen molar-refractivity contribution in [3.8, 4) is 11.5 Å². The summed E-state index contributed by atoms with van der Waals surface area (Å²) >= 11 is 5.13. The van der Waals surface area contributed by atoms with Gasteiger partial charge in [0.1, 0.15) is 18.1 Å². The molecule has 3 N–H and O–H groups in total. The van der Waals surface area contributed by atoms with Crippen LogP contribution >= 0.6 is 12.2 Å². The smallest absolute Gasteiger partial charge is 0.261 e. The number of phenols is 1. The SMILES string of the molecule is COCCOc1ccccc1C(=O)NC(=S)Nc1ccc(O)cc1. The number of hydrogen-bond acceptors (Lipinski definition) is 5. The number of rotatable bonds is 6. The van der Waals surface area contributed by atoms with E-state index in [1.807, 2.05) is 0 Å². The minimum atomic E-state index is -0.376. The number of amides is 1. The number of carbonyl (C=O) groups is 1. The molecule has 1 amide bonds. The van der Waals surface area contributed by atoms with Crippen LogP contribution in [-0.4, -0.2) is 36.4 Å². The lowest BCUT2D eigenvalue weighted by Gasteiger charge is -2.13. The lowest BCUT2D eigenvalue weighted by Crippen LogP contribution is -2.34. The van der Waals surface area contributed by atoms with Crippen molar-refractivity contribution in [3.63, 3.8) is 0 Å². The lowest BCUT2D eigenvalue weighted by molar-refractivity contribution is 0.0970. The van der Waals surface area contributed by atoms with Crippen LogP contribution in [0.1, 0.15) is 10.4 Å². The van der Waals surface area contributed by atoms with E-state index in [0.29, 0.717) is 30.2 Å². The molecular weight excluding hydrogens is 328 g/mol. The Morgan fingerprint density at radius 2 is 1.83 bits per heavy atom. The van der Waals surface area contributed by atoms with Crippen LogP contribution in [0.3, 0.4) is 0 Å². The van der Waals surface area contributed by atoms with Gasteiger partial charge >= 0.3 is 0 Å². The third kappa shape index (κ3) is 5.22. The summed E-state index contributed by atoms with van der Waals surface area (Å²) < 4.78 is 10.5. The fourth-order valence-electron chi connectivity index (χ4n) is 1.89. The zero-order chi connectivity index (χ0) is 17.4. The highest BCUT2D eigenvalue weighted by molar-refractivity contribution is 7.80. The maximum atomic E-state index is 12.4. The Bertz CT molecular complexity index is 704. The number of ether oxygens (including phenoxy) is 2. The van der Waals surface area contributed by atoms with Crippen LogP contribution in [0.5, 0.6) is 11.5 Å². The summed E-state index contributed by atoms with van der Waals surface area (Å²) in [7, 11) is 1.58. The zero-order valence-corrected chi connectivity index (χ0v) is 13.9. The van der Waals surface area contributed by atoms with Crippen LogP contribution < -0.4 is 15.4 Å².